The molecule has 0 saturated heterocycles. The molecule has 140 valence electrons. The minimum absolute atomic E-state index is 0.0389. The van der Waals surface area contributed by atoms with E-state index in [4.69, 9.17) is 0 Å². The number of aryl methyl sites for hydroxylation is 1. The first kappa shape index (κ1) is 19.1. The molecule has 0 aliphatic rings. The van der Waals surface area contributed by atoms with Crippen molar-refractivity contribution >= 4 is 17.7 Å². The number of benzene rings is 2. The summed E-state index contributed by atoms with van der Waals surface area (Å²) in [5.41, 5.74) is 3.11. The van der Waals surface area contributed by atoms with E-state index in [-0.39, 0.29) is 17.5 Å². The van der Waals surface area contributed by atoms with Gasteiger partial charge in [-0.1, -0.05) is 55.1 Å². The van der Waals surface area contributed by atoms with E-state index in [0.29, 0.717) is 17.5 Å². The zero-order valence-corrected chi connectivity index (χ0v) is 16.1. The van der Waals surface area contributed by atoms with E-state index in [9.17, 15) is 9.18 Å². The smallest absolute Gasteiger partial charge is 0.233 e. The number of nitrogens with one attached hydrogen (secondary N) is 1. The lowest BCUT2D eigenvalue weighted by molar-refractivity contribution is -0.127. The van der Waals surface area contributed by atoms with Crippen LogP contribution in [-0.4, -0.2) is 38.8 Å². The molecule has 2 aromatic carbocycles. The van der Waals surface area contributed by atoms with Gasteiger partial charge in [-0.2, -0.15) is 0 Å². The minimum atomic E-state index is -0.284. The predicted octanol–water partition coefficient (Wildman–Crippen LogP) is 3.92. The van der Waals surface area contributed by atoms with Gasteiger partial charge < -0.3 is 4.90 Å². The van der Waals surface area contributed by atoms with Crippen LogP contribution in [0, 0.1) is 5.82 Å². The second-order valence-corrected chi connectivity index (χ2v) is 7.12. The van der Waals surface area contributed by atoms with Crippen LogP contribution >= 0.6 is 11.8 Å². The van der Waals surface area contributed by atoms with Crippen molar-refractivity contribution in [2.45, 2.75) is 25.0 Å². The normalized spacial score (nSPS) is 10.8. The van der Waals surface area contributed by atoms with Crippen molar-refractivity contribution in [3.8, 4) is 11.4 Å². The average Bonchev–Trinajstić information content (AvgIpc) is 3.17. The largest absolute Gasteiger partial charge is 0.341 e. The van der Waals surface area contributed by atoms with Gasteiger partial charge in [-0.25, -0.2) is 9.37 Å². The maximum atomic E-state index is 13.0. The Morgan fingerprint density at radius 2 is 1.78 bits per heavy atom. The molecule has 0 aliphatic carbocycles. The van der Waals surface area contributed by atoms with E-state index < -0.39 is 0 Å². The molecule has 3 rings (SSSR count). The summed E-state index contributed by atoms with van der Waals surface area (Å²) < 4.78 is 13.0. The van der Waals surface area contributed by atoms with Crippen LogP contribution in [-0.2, 0) is 17.8 Å². The van der Waals surface area contributed by atoms with E-state index in [0.717, 1.165) is 17.5 Å². The molecule has 1 heterocycles. The van der Waals surface area contributed by atoms with Crippen molar-refractivity contribution < 1.29 is 9.18 Å². The van der Waals surface area contributed by atoms with Crippen LogP contribution in [0.25, 0.3) is 11.4 Å². The van der Waals surface area contributed by atoms with E-state index in [1.54, 1.807) is 24.1 Å². The van der Waals surface area contributed by atoms with Crippen LogP contribution in [0.4, 0.5) is 4.39 Å². The van der Waals surface area contributed by atoms with Crippen LogP contribution < -0.4 is 0 Å². The summed E-state index contributed by atoms with van der Waals surface area (Å²) >= 11 is 1.29. The first-order chi connectivity index (χ1) is 13.0. The highest BCUT2D eigenvalue weighted by Gasteiger charge is 2.13. The van der Waals surface area contributed by atoms with E-state index in [1.807, 2.05) is 12.1 Å². The number of rotatable bonds is 7. The van der Waals surface area contributed by atoms with Gasteiger partial charge in [0, 0.05) is 19.2 Å². The summed E-state index contributed by atoms with van der Waals surface area (Å²) in [7, 11) is 1.73. The zero-order valence-electron chi connectivity index (χ0n) is 15.3. The number of carbonyl (C=O) groups excluding carboxylic acids is 1. The van der Waals surface area contributed by atoms with Crippen molar-refractivity contribution in [3.05, 3.63) is 65.5 Å². The first-order valence-electron chi connectivity index (χ1n) is 8.68. The highest BCUT2D eigenvalue weighted by Crippen LogP contribution is 2.20. The van der Waals surface area contributed by atoms with Gasteiger partial charge in [-0.3, -0.25) is 9.89 Å². The summed E-state index contributed by atoms with van der Waals surface area (Å²) in [6.07, 6.45) is 0.991. The third-order valence-electron chi connectivity index (χ3n) is 4.18. The fourth-order valence-corrected chi connectivity index (χ4v) is 3.27. The van der Waals surface area contributed by atoms with Crippen molar-refractivity contribution in [3.63, 3.8) is 0 Å². The lowest BCUT2D eigenvalue weighted by atomic mass is 10.1. The van der Waals surface area contributed by atoms with Gasteiger partial charge in [-0.15, -0.1) is 5.10 Å². The average molecular weight is 384 g/mol. The van der Waals surface area contributed by atoms with Gasteiger partial charge in [0.25, 0.3) is 0 Å². The SMILES string of the molecule is CCc1ccc(-c2nc(SCC(=O)N(C)Cc3ccc(F)cc3)n[nH]2)cc1. The van der Waals surface area contributed by atoms with Gasteiger partial charge in [0.2, 0.25) is 11.1 Å². The quantitative estimate of drug-likeness (QED) is 0.627. The number of amides is 1. The van der Waals surface area contributed by atoms with Crippen molar-refractivity contribution in [1.82, 2.24) is 20.1 Å². The fraction of sp³-hybridized carbons (Fsp3) is 0.250. The number of hydrogen-bond acceptors (Lipinski definition) is 4. The Hall–Kier alpha value is -2.67. The van der Waals surface area contributed by atoms with E-state index in [2.05, 4.69) is 34.2 Å². The summed E-state index contributed by atoms with van der Waals surface area (Å²) in [5.74, 6) is 0.604. The van der Waals surface area contributed by atoms with E-state index >= 15 is 0 Å². The fourth-order valence-electron chi connectivity index (χ4n) is 2.53. The molecular weight excluding hydrogens is 363 g/mol. The van der Waals surface area contributed by atoms with Gasteiger partial charge in [0.1, 0.15) is 5.82 Å². The number of carbonyl (C=O) groups is 1. The van der Waals surface area contributed by atoms with Crippen LogP contribution in [0.2, 0.25) is 0 Å². The molecule has 0 radical (unpaired) electrons. The lowest BCUT2D eigenvalue weighted by Gasteiger charge is -2.16. The number of thioether (sulfide) groups is 1. The standard InChI is InChI=1S/C20H21FN4OS/c1-3-14-4-8-16(9-5-14)19-22-20(24-23-19)27-13-18(26)25(2)12-15-6-10-17(21)11-7-15/h4-11H,3,12-13H2,1-2H3,(H,22,23,24). The van der Waals surface area contributed by atoms with E-state index in [1.165, 1.54) is 29.5 Å². The number of aromatic nitrogens is 3. The number of aromatic amines is 1. The Balaban J connectivity index is 1.54. The summed E-state index contributed by atoms with van der Waals surface area (Å²) in [6.45, 7) is 2.55. The zero-order chi connectivity index (χ0) is 19.2. The Kier molecular flexibility index (Phi) is 6.24. The van der Waals surface area contributed by atoms with Crippen LogP contribution in [0.15, 0.2) is 53.7 Å². The van der Waals surface area contributed by atoms with Crippen LogP contribution in [0.1, 0.15) is 18.1 Å². The Labute approximate surface area is 162 Å². The van der Waals surface area contributed by atoms with Crippen molar-refractivity contribution in [2.24, 2.45) is 0 Å². The third kappa shape index (κ3) is 5.17. The topological polar surface area (TPSA) is 61.9 Å². The second kappa shape index (κ2) is 8.81. The van der Waals surface area contributed by atoms with Crippen LogP contribution in [0.3, 0.4) is 0 Å². The molecular formula is C20H21FN4OS. The summed E-state index contributed by atoms with van der Waals surface area (Å²) in [5, 5.41) is 7.63. The van der Waals surface area contributed by atoms with Gasteiger partial charge in [-0.05, 0) is 29.7 Å². The monoisotopic (exact) mass is 384 g/mol. The third-order valence-corrected chi connectivity index (χ3v) is 5.02. The maximum Gasteiger partial charge on any atom is 0.233 e. The van der Waals surface area contributed by atoms with Gasteiger partial charge in [0.15, 0.2) is 5.82 Å². The first-order valence-corrected chi connectivity index (χ1v) is 9.66. The lowest BCUT2D eigenvalue weighted by Crippen LogP contribution is -2.27. The Morgan fingerprint density at radius 3 is 2.44 bits per heavy atom. The molecule has 0 aliphatic heterocycles. The number of nitrogens with zero attached hydrogens (tertiary/aromatic N) is 3. The number of H-pyrrole nitrogens is 1. The molecule has 1 amide bonds. The molecule has 0 atom stereocenters. The molecule has 0 spiro atoms. The molecule has 27 heavy (non-hydrogen) atoms. The molecule has 0 bridgehead atoms. The molecule has 5 nitrogen and oxygen atoms in total. The predicted molar refractivity (Wildman–Crippen MR) is 105 cm³/mol. The van der Waals surface area contributed by atoms with Gasteiger partial charge in [0.05, 0.1) is 5.75 Å². The maximum absolute atomic E-state index is 13.0. The summed E-state index contributed by atoms with van der Waals surface area (Å²) in [4.78, 5) is 18.4. The van der Waals surface area contributed by atoms with Gasteiger partial charge >= 0.3 is 0 Å². The molecule has 1 N–H and O–H groups in total. The highest BCUT2D eigenvalue weighted by atomic mass is 32.2. The molecule has 0 unspecified atom stereocenters. The molecule has 0 fully saturated rings. The second-order valence-electron chi connectivity index (χ2n) is 6.18. The highest BCUT2D eigenvalue weighted by molar-refractivity contribution is 7.99. The van der Waals surface area contributed by atoms with Crippen molar-refractivity contribution in [2.75, 3.05) is 12.8 Å². The number of halogens is 1. The summed E-state index contributed by atoms with van der Waals surface area (Å²) in [6, 6.07) is 14.3. The molecule has 3 aromatic rings. The Bertz CT molecular complexity index is 893. The minimum Gasteiger partial charge on any atom is -0.341 e. The van der Waals surface area contributed by atoms with Crippen LogP contribution in [0.5, 0.6) is 0 Å². The Morgan fingerprint density at radius 1 is 1.11 bits per heavy atom. The molecule has 1 aromatic heterocycles. The molecule has 7 heteroatoms. The molecule has 0 saturated carbocycles. The number of hydrogen-bond donors (Lipinski definition) is 1. The van der Waals surface area contributed by atoms with Crippen molar-refractivity contribution in [1.29, 1.82) is 0 Å².